The average molecular weight is 376 g/mol. The van der Waals surface area contributed by atoms with Gasteiger partial charge in [0.05, 0.1) is 19.9 Å². The zero-order valence-corrected chi connectivity index (χ0v) is 15.9. The fourth-order valence-electron chi connectivity index (χ4n) is 2.57. The molecule has 2 heterocycles. The summed E-state index contributed by atoms with van der Waals surface area (Å²) in [6, 6.07) is 11.1. The highest BCUT2D eigenvalue weighted by molar-refractivity contribution is 5.78. The number of ether oxygens (including phenoxy) is 2. The number of benzene rings is 1. The molecule has 3 rings (SSSR count). The van der Waals surface area contributed by atoms with Gasteiger partial charge in [0.1, 0.15) is 11.4 Å². The van der Waals surface area contributed by atoms with Crippen LogP contribution in [-0.2, 0) is 4.74 Å². The van der Waals surface area contributed by atoms with Crippen molar-refractivity contribution in [2.45, 2.75) is 6.92 Å². The third-order valence-corrected chi connectivity index (χ3v) is 3.85. The number of tetrazole rings is 1. The van der Waals surface area contributed by atoms with Crippen LogP contribution in [0.25, 0.3) is 22.8 Å². The molecule has 0 spiro atoms. The summed E-state index contributed by atoms with van der Waals surface area (Å²) in [6.45, 7) is 5.69. The molecule has 0 unspecified atom stereocenters. The molecule has 0 atom stereocenters. The highest BCUT2D eigenvalue weighted by Gasteiger charge is 2.13. The van der Waals surface area contributed by atoms with Crippen LogP contribution >= 0.6 is 0 Å². The Balaban J connectivity index is 2.10. The van der Waals surface area contributed by atoms with Crippen molar-refractivity contribution in [3.63, 3.8) is 0 Å². The van der Waals surface area contributed by atoms with E-state index in [4.69, 9.17) is 9.47 Å². The van der Waals surface area contributed by atoms with Gasteiger partial charge in [0.15, 0.2) is 0 Å². The normalized spacial score (nSPS) is 12.0. The molecule has 0 saturated carbocycles. The van der Waals surface area contributed by atoms with Gasteiger partial charge in [-0.15, -0.1) is 15.0 Å². The van der Waals surface area contributed by atoms with Crippen LogP contribution in [0.5, 0.6) is 5.75 Å². The minimum Gasteiger partial charge on any atom is -0.497 e. The Morgan fingerprint density at radius 2 is 2.07 bits per heavy atom. The Morgan fingerprint density at radius 3 is 2.71 bits per heavy atom. The van der Waals surface area contributed by atoms with E-state index in [0.717, 1.165) is 5.56 Å². The summed E-state index contributed by atoms with van der Waals surface area (Å²) in [5.41, 5.74) is 2.82. The SMILES string of the molecule is C=C/C(=C(\N=C/C)OC)c1cc(OC)cc(-n2nnc(-c3ccccn3)n2)c1. The average Bonchev–Trinajstić information content (AvgIpc) is 3.24. The van der Waals surface area contributed by atoms with Crippen LogP contribution in [0.15, 0.2) is 66.1 Å². The summed E-state index contributed by atoms with van der Waals surface area (Å²) in [6.07, 6.45) is 5.02. The van der Waals surface area contributed by atoms with Gasteiger partial charge in [-0.25, -0.2) is 4.99 Å². The third-order valence-electron chi connectivity index (χ3n) is 3.85. The molecule has 0 saturated heterocycles. The van der Waals surface area contributed by atoms with Crippen molar-refractivity contribution in [3.05, 3.63) is 66.7 Å². The van der Waals surface area contributed by atoms with Crippen LogP contribution in [-0.4, -0.2) is 45.6 Å². The lowest BCUT2D eigenvalue weighted by Gasteiger charge is -2.11. The predicted octanol–water partition coefficient (Wildman–Crippen LogP) is 3.32. The molecule has 0 amide bonds. The molecule has 0 bridgehead atoms. The molecule has 142 valence electrons. The standard InChI is InChI=1S/C20H20N6O2/c1-5-17(20(28-4)21-6-2)14-11-15(13-16(12-14)27-3)26-24-19(23-25-26)18-9-7-8-10-22-18/h5-13H,1H2,2-4H3/b20-17-,21-6-. The van der Waals surface area contributed by atoms with E-state index in [-0.39, 0.29) is 0 Å². The van der Waals surface area contributed by atoms with Gasteiger partial charge in [0, 0.05) is 24.1 Å². The molecule has 0 fully saturated rings. The number of methoxy groups -OCH3 is 2. The Bertz CT molecular complexity index is 1020. The summed E-state index contributed by atoms with van der Waals surface area (Å²) in [5.74, 6) is 1.49. The highest BCUT2D eigenvalue weighted by atomic mass is 16.5. The van der Waals surface area contributed by atoms with Crippen molar-refractivity contribution in [3.8, 4) is 23.0 Å². The molecule has 0 aliphatic rings. The third kappa shape index (κ3) is 3.96. The summed E-state index contributed by atoms with van der Waals surface area (Å²) >= 11 is 0. The Kier molecular flexibility index (Phi) is 5.91. The van der Waals surface area contributed by atoms with Gasteiger partial charge in [0.2, 0.25) is 11.7 Å². The number of aliphatic imine (C=N–C) groups is 1. The maximum Gasteiger partial charge on any atom is 0.223 e. The van der Waals surface area contributed by atoms with Crippen molar-refractivity contribution < 1.29 is 9.47 Å². The molecule has 0 aliphatic heterocycles. The quantitative estimate of drug-likeness (QED) is 0.357. The van der Waals surface area contributed by atoms with Crippen molar-refractivity contribution in [2.24, 2.45) is 4.99 Å². The van der Waals surface area contributed by atoms with Crippen LogP contribution in [0.1, 0.15) is 12.5 Å². The molecular formula is C20H20N6O2. The zero-order valence-electron chi connectivity index (χ0n) is 15.9. The summed E-state index contributed by atoms with van der Waals surface area (Å²) < 4.78 is 10.8. The molecule has 0 radical (unpaired) electrons. The van der Waals surface area contributed by atoms with Crippen LogP contribution in [0.2, 0.25) is 0 Å². The van der Waals surface area contributed by atoms with Crippen LogP contribution in [0.3, 0.4) is 0 Å². The maximum atomic E-state index is 5.44. The van der Waals surface area contributed by atoms with E-state index in [1.54, 1.807) is 32.7 Å². The van der Waals surface area contributed by atoms with E-state index in [1.165, 1.54) is 4.80 Å². The Morgan fingerprint density at radius 1 is 1.21 bits per heavy atom. The first kappa shape index (κ1) is 19.0. The molecule has 8 nitrogen and oxygen atoms in total. The molecule has 8 heteroatoms. The number of nitrogens with zero attached hydrogens (tertiary/aromatic N) is 6. The lowest BCUT2D eigenvalue weighted by molar-refractivity contribution is 0.291. The molecule has 0 N–H and O–H groups in total. The van der Waals surface area contributed by atoms with E-state index in [0.29, 0.717) is 34.4 Å². The number of pyridine rings is 1. The van der Waals surface area contributed by atoms with Gasteiger partial charge < -0.3 is 9.47 Å². The first-order chi connectivity index (χ1) is 13.7. The fraction of sp³-hybridized carbons (Fsp3) is 0.150. The Labute approximate surface area is 162 Å². The number of rotatable bonds is 7. The lowest BCUT2D eigenvalue weighted by atomic mass is 10.0. The lowest BCUT2D eigenvalue weighted by Crippen LogP contribution is -2.02. The summed E-state index contributed by atoms with van der Waals surface area (Å²) in [5, 5.41) is 12.7. The second kappa shape index (κ2) is 8.72. The Hall–Kier alpha value is -3.81. The van der Waals surface area contributed by atoms with Crippen LogP contribution in [0, 0.1) is 0 Å². The largest absolute Gasteiger partial charge is 0.497 e. The second-order valence-corrected chi connectivity index (χ2v) is 5.55. The molecule has 28 heavy (non-hydrogen) atoms. The van der Waals surface area contributed by atoms with Crippen LogP contribution < -0.4 is 4.74 Å². The van der Waals surface area contributed by atoms with E-state index in [9.17, 15) is 0 Å². The number of aromatic nitrogens is 5. The summed E-state index contributed by atoms with van der Waals surface area (Å²) in [7, 11) is 3.15. The van der Waals surface area contributed by atoms with Gasteiger partial charge >= 0.3 is 0 Å². The van der Waals surface area contributed by atoms with E-state index < -0.39 is 0 Å². The topological polar surface area (TPSA) is 87.3 Å². The highest BCUT2D eigenvalue weighted by Crippen LogP contribution is 2.28. The van der Waals surface area contributed by atoms with Crippen molar-refractivity contribution >= 4 is 11.8 Å². The van der Waals surface area contributed by atoms with E-state index in [1.807, 2.05) is 43.3 Å². The maximum absolute atomic E-state index is 5.44. The molecule has 2 aromatic heterocycles. The van der Waals surface area contributed by atoms with E-state index >= 15 is 0 Å². The fourth-order valence-corrected chi connectivity index (χ4v) is 2.57. The molecule has 3 aromatic rings. The minimum absolute atomic E-state index is 0.428. The van der Waals surface area contributed by atoms with Gasteiger partial charge in [-0.2, -0.15) is 0 Å². The minimum atomic E-state index is 0.428. The number of hydrogen-bond acceptors (Lipinski definition) is 7. The predicted molar refractivity (Wildman–Crippen MR) is 107 cm³/mol. The van der Waals surface area contributed by atoms with Gasteiger partial charge in [-0.05, 0) is 42.0 Å². The van der Waals surface area contributed by atoms with Crippen LogP contribution in [0.4, 0.5) is 0 Å². The zero-order chi connectivity index (χ0) is 19.9. The molecular weight excluding hydrogens is 356 g/mol. The van der Waals surface area contributed by atoms with Gasteiger partial charge in [-0.3, -0.25) is 4.98 Å². The first-order valence-corrected chi connectivity index (χ1v) is 8.50. The van der Waals surface area contributed by atoms with Crippen molar-refractivity contribution in [2.75, 3.05) is 14.2 Å². The molecule has 0 aliphatic carbocycles. The first-order valence-electron chi connectivity index (χ1n) is 8.50. The second-order valence-electron chi connectivity index (χ2n) is 5.55. The van der Waals surface area contributed by atoms with Crippen molar-refractivity contribution in [1.29, 1.82) is 0 Å². The van der Waals surface area contributed by atoms with E-state index in [2.05, 4.69) is 32.0 Å². The monoisotopic (exact) mass is 376 g/mol. The van der Waals surface area contributed by atoms with Gasteiger partial charge in [-0.1, -0.05) is 18.7 Å². The number of hydrogen-bond donors (Lipinski definition) is 0. The number of allylic oxidation sites excluding steroid dienone is 2. The van der Waals surface area contributed by atoms with Crippen molar-refractivity contribution in [1.82, 2.24) is 25.2 Å². The van der Waals surface area contributed by atoms with Gasteiger partial charge in [0.25, 0.3) is 0 Å². The molecule has 1 aromatic carbocycles. The summed E-state index contributed by atoms with van der Waals surface area (Å²) in [4.78, 5) is 9.92. The smallest absolute Gasteiger partial charge is 0.223 e.